The number of carbonyl (C=O) groups excluding carboxylic acids is 1. The summed E-state index contributed by atoms with van der Waals surface area (Å²) in [6.45, 7) is 4.96. The van der Waals surface area contributed by atoms with Crippen LogP contribution in [0.5, 0.6) is 0 Å². The Labute approximate surface area is 145 Å². The lowest BCUT2D eigenvalue weighted by molar-refractivity contribution is -0.119. The number of rotatable bonds is 4. The molecule has 0 aliphatic carbocycles. The highest BCUT2D eigenvalue weighted by atomic mass is 35.5. The van der Waals surface area contributed by atoms with E-state index < -0.39 is 5.82 Å². The summed E-state index contributed by atoms with van der Waals surface area (Å²) in [5.74, 6) is -0.141. The summed E-state index contributed by atoms with van der Waals surface area (Å²) in [7, 11) is 0. The number of hydrogen-bond acceptors (Lipinski definition) is 3. The molecule has 1 aliphatic rings. The van der Waals surface area contributed by atoms with E-state index >= 15 is 0 Å². The predicted molar refractivity (Wildman–Crippen MR) is 92.8 cm³/mol. The van der Waals surface area contributed by atoms with Gasteiger partial charge in [0.25, 0.3) is 0 Å². The SMILES string of the molecule is CC(=O)N[C@@H](C)c1ccc(C2CN(c3ccnc(Cl)c3F)C2)cc1. The van der Waals surface area contributed by atoms with Gasteiger partial charge in [0.2, 0.25) is 5.91 Å². The van der Waals surface area contributed by atoms with E-state index in [1.807, 2.05) is 24.0 Å². The Morgan fingerprint density at radius 1 is 1.33 bits per heavy atom. The van der Waals surface area contributed by atoms with Gasteiger partial charge in [-0.1, -0.05) is 35.9 Å². The second kappa shape index (κ2) is 6.77. The summed E-state index contributed by atoms with van der Waals surface area (Å²) >= 11 is 5.73. The Balaban J connectivity index is 1.64. The molecule has 1 atom stereocenters. The van der Waals surface area contributed by atoms with Crippen LogP contribution in [0.2, 0.25) is 5.15 Å². The number of halogens is 2. The van der Waals surface area contributed by atoms with Crippen LogP contribution in [0.4, 0.5) is 10.1 Å². The topological polar surface area (TPSA) is 45.2 Å². The smallest absolute Gasteiger partial charge is 0.217 e. The van der Waals surface area contributed by atoms with Gasteiger partial charge in [-0.05, 0) is 24.1 Å². The van der Waals surface area contributed by atoms with Crippen molar-refractivity contribution in [3.05, 3.63) is 58.6 Å². The number of amides is 1. The van der Waals surface area contributed by atoms with E-state index in [4.69, 9.17) is 11.6 Å². The molecule has 1 saturated heterocycles. The zero-order chi connectivity index (χ0) is 17.3. The number of hydrogen-bond donors (Lipinski definition) is 1. The number of anilines is 1. The number of nitrogens with zero attached hydrogens (tertiary/aromatic N) is 2. The van der Waals surface area contributed by atoms with Gasteiger partial charge in [-0.15, -0.1) is 0 Å². The van der Waals surface area contributed by atoms with Crippen LogP contribution in [-0.2, 0) is 4.79 Å². The van der Waals surface area contributed by atoms with Crippen LogP contribution in [0.15, 0.2) is 36.5 Å². The quantitative estimate of drug-likeness (QED) is 0.858. The molecule has 0 saturated carbocycles. The average molecular weight is 348 g/mol. The first kappa shape index (κ1) is 16.7. The van der Waals surface area contributed by atoms with Gasteiger partial charge in [-0.3, -0.25) is 4.79 Å². The fraction of sp³-hybridized carbons (Fsp3) is 0.333. The summed E-state index contributed by atoms with van der Waals surface area (Å²) in [6.07, 6.45) is 1.52. The third kappa shape index (κ3) is 3.36. The number of pyridine rings is 1. The number of benzene rings is 1. The van der Waals surface area contributed by atoms with Crippen molar-refractivity contribution >= 4 is 23.2 Å². The van der Waals surface area contributed by atoms with Crippen molar-refractivity contribution < 1.29 is 9.18 Å². The van der Waals surface area contributed by atoms with Crippen LogP contribution in [0.3, 0.4) is 0 Å². The molecule has 6 heteroatoms. The molecular formula is C18H19ClFN3O. The maximum Gasteiger partial charge on any atom is 0.217 e. The monoisotopic (exact) mass is 347 g/mol. The summed E-state index contributed by atoms with van der Waals surface area (Å²) in [4.78, 5) is 16.8. The van der Waals surface area contributed by atoms with Crippen molar-refractivity contribution in [2.45, 2.75) is 25.8 Å². The molecular weight excluding hydrogens is 329 g/mol. The summed E-state index contributed by atoms with van der Waals surface area (Å²) in [5, 5.41) is 2.78. The van der Waals surface area contributed by atoms with Gasteiger partial charge in [0.05, 0.1) is 11.7 Å². The number of aromatic nitrogens is 1. The van der Waals surface area contributed by atoms with E-state index in [2.05, 4.69) is 22.4 Å². The first-order valence-electron chi connectivity index (χ1n) is 7.87. The molecule has 1 N–H and O–H groups in total. The lowest BCUT2D eigenvalue weighted by Crippen LogP contribution is -2.45. The van der Waals surface area contributed by atoms with Crippen LogP contribution in [0.1, 0.15) is 36.9 Å². The van der Waals surface area contributed by atoms with Gasteiger partial charge < -0.3 is 10.2 Å². The van der Waals surface area contributed by atoms with Crippen molar-refractivity contribution in [1.29, 1.82) is 0 Å². The lowest BCUT2D eigenvalue weighted by Gasteiger charge is -2.41. The molecule has 126 valence electrons. The molecule has 0 radical (unpaired) electrons. The van der Waals surface area contributed by atoms with E-state index in [0.717, 1.165) is 18.7 Å². The maximum atomic E-state index is 14.0. The fourth-order valence-electron chi connectivity index (χ4n) is 2.98. The molecule has 3 rings (SSSR count). The normalized spacial score (nSPS) is 15.8. The largest absolute Gasteiger partial charge is 0.368 e. The maximum absolute atomic E-state index is 14.0. The van der Waals surface area contributed by atoms with Gasteiger partial charge in [-0.2, -0.15) is 0 Å². The molecule has 2 aromatic rings. The first-order chi connectivity index (χ1) is 11.5. The van der Waals surface area contributed by atoms with Crippen LogP contribution in [0, 0.1) is 5.82 Å². The van der Waals surface area contributed by atoms with Crippen molar-refractivity contribution in [2.75, 3.05) is 18.0 Å². The molecule has 1 aromatic heterocycles. The van der Waals surface area contributed by atoms with E-state index in [-0.39, 0.29) is 17.1 Å². The Hall–Kier alpha value is -2.14. The van der Waals surface area contributed by atoms with E-state index in [1.54, 1.807) is 6.07 Å². The van der Waals surface area contributed by atoms with E-state index in [1.165, 1.54) is 18.7 Å². The van der Waals surface area contributed by atoms with Gasteiger partial charge in [0.1, 0.15) is 0 Å². The minimum absolute atomic E-state index is 0.0116. The predicted octanol–water partition coefficient (Wildman–Crippen LogP) is 3.68. The van der Waals surface area contributed by atoms with Gasteiger partial charge in [0.15, 0.2) is 11.0 Å². The Bertz CT molecular complexity index is 744. The van der Waals surface area contributed by atoms with Crippen LogP contribution < -0.4 is 10.2 Å². The Morgan fingerprint density at radius 2 is 2.00 bits per heavy atom. The second-order valence-corrected chi connectivity index (χ2v) is 6.48. The third-order valence-electron chi connectivity index (χ3n) is 4.38. The highest BCUT2D eigenvalue weighted by Crippen LogP contribution is 2.34. The molecule has 2 heterocycles. The molecule has 1 aromatic carbocycles. The Morgan fingerprint density at radius 3 is 2.62 bits per heavy atom. The molecule has 0 bridgehead atoms. The minimum Gasteiger partial charge on any atom is -0.368 e. The zero-order valence-corrected chi connectivity index (χ0v) is 14.3. The van der Waals surface area contributed by atoms with Gasteiger partial charge in [0, 0.05) is 32.1 Å². The Kier molecular flexibility index (Phi) is 4.71. The molecule has 1 aliphatic heterocycles. The molecule has 24 heavy (non-hydrogen) atoms. The van der Waals surface area contributed by atoms with Crippen molar-refractivity contribution in [1.82, 2.24) is 10.3 Å². The molecule has 1 amide bonds. The molecule has 4 nitrogen and oxygen atoms in total. The highest BCUT2D eigenvalue weighted by molar-refractivity contribution is 6.29. The van der Waals surface area contributed by atoms with Crippen molar-refractivity contribution in [2.24, 2.45) is 0 Å². The van der Waals surface area contributed by atoms with E-state index in [9.17, 15) is 9.18 Å². The van der Waals surface area contributed by atoms with Crippen LogP contribution in [-0.4, -0.2) is 24.0 Å². The van der Waals surface area contributed by atoms with Crippen LogP contribution in [0.25, 0.3) is 0 Å². The third-order valence-corrected chi connectivity index (χ3v) is 4.64. The lowest BCUT2D eigenvalue weighted by atomic mass is 9.90. The summed E-state index contributed by atoms with van der Waals surface area (Å²) in [5.41, 5.74) is 2.78. The zero-order valence-electron chi connectivity index (χ0n) is 13.6. The van der Waals surface area contributed by atoms with Gasteiger partial charge >= 0.3 is 0 Å². The standard InChI is InChI=1S/C18H19ClFN3O/c1-11(22-12(2)24)13-3-5-14(6-4-13)15-9-23(10-15)16-7-8-21-18(19)17(16)20/h3-8,11,15H,9-10H2,1-2H3,(H,22,24)/t11-/m0/s1. The summed E-state index contributed by atoms with van der Waals surface area (Å²) < 4.78 is 14.0. The highest BCUT2D eigenvalue weighted by Gasteiger charge is 2.30. The van der Waals surface area contributed by atoms with E-state index in [0.29, 0.717) is 11.6 Å². The fourth-order valence-corrected chi connectivity index (χ4v) is 3.14. The average Bonchev–Trinajstić information content (AvgIpc) is 2.50. The molecule has 0 unspecified atom stereocenters. The molecule has 1 fully saturated rings. The second-order valence-electron chi connectivity index (χ2n) is 6.13. The summed E-state index contributed by atoms with van der Waals surface area (Å²) in [6, 6.07) is 9.85. The van der Waals surface area contributed by atoms with Crippen molar-refractivity contribution in [3.8, 4) is 0 Å². The van der Waals surface area contributed by atoms with Crippen LogP contribution >= 0.6 is 11.6 Å². The molecule has 0 spiro atoms. The first-order valence-corrected chi connectivity index (χ1v) is 8.25. The van der Waals surface area contributed by atoms with Gasteiger partial charge in [-0.25, -0.2) is 9.37 Å². The number of nitrogens with one attached hydrogen (secondary N) is 1. The minimum atomic E-state index is -0.461. The van der Waals surface area contributed by atoms with Crippen molar-refractivity contribution in [3.63, 3.8) is 0 Å². The number of carbonyl (C=O) groups is 1.